The zero-order valence-corrected chi connectivity index (χ0v) is 16.8. The van der Waals surface area contributed by atoms with Crippen LogP contribution in [-0.2, 0) is 14.6 Å². The number of nitrogens with zero attached hydrogens (tertiary/aromatic N) is 1. The van der Waals surface area contributed by atoms with Crippen molar-refractivity contribution >= 4 is 43.4 Å². The Kier molecular flexibility index (Phi) is 5.04. The molecule has 156 valence electrons. The number of sulfone groups is 1. The Morgan fingerprint density at radius 3 is 2.45 bits per heavy atom. The predicted molar refractivity (Wildman–Crippen MR) is 113 cm³/mol. The van der Waals surface area contributed by atoms with Crippen LogP contribution in [0, 0.1) is 0 Å². The zero-order valence-electron chi connectivity index (χ0n) is 15.9. The zero-order chi connectivity index (χ0) is 22.2. The summed E-state index contributed by atoms with van der Waals surface area (Å²) in [6.45, 7) is -0.625. The number of aliphatic carboxylic acids is 1. The maximum atomic E-state index is 13.3. The van der Waals surface area contributed by atoms with E-state index in [9.17, 15) is 23.1 Å². The Labute approximate surface area is 176 Å². The first-order chi connectivity index (χ1) is 14.8. The van der Waals surface area contributed by atoms with Crippen molar-refractivity contribution in [2.24, 2.45) is 0 Å². The second-order valence-corrected chi connectivity index (χ2v) is 8.69. The molecule has 4 aromatic rings. The summed E-state index contributed by atoms with van der Waals surface area (Å²) in [5, 5.41) is 22.7. The lowest BCUT2D eigenvalue weighted by molar-refractivity contribution is -0.135. The van der Waals surface area contributed by atoms with Crippen molar-refractivity contribution in [2.75, 3.05) is 6.54 Å². The van der Waals surface area contributed by atoms with E-state index in [1.165, 1.54) is 30.3 Å². The van der Waals surface area contributed by atoms with Crippen LogP contribution < -0.4 is 5.32 Å². The summed E-state index contributed by atoms with van der Waals surface area (Å²) in [4.78, 5) is 26.9. The molecule has 0 bridgehead atoms. The smallest absolute Gasteiger partial charge is 0.322 e. The Balaban J connectivity index is 1.78. The minimum atomic E-state index is -3.87. The van der Waals surface area contributed by atoms with E-state index in [0.29, 0.717) is 10.8 Å². The molecule has 9 heteroatoms. The average Bonchev–Trinajstić information content (AvgIpc) is 2.76. The molecule has 1 aromatic heterocycles. The lowest BCUT2D eigenvalue weighted by atomic mass is 10.1. The van der Waals surface area contributed by atoms with Crippen LogP contribution in [0.15, 0.2) is 76.5 Å². The number of carbonyl (C=O) groups excluding carboxylic acids is 1. The molecule has 0 atom stereocenters. The van der Waals surface area contributed by atoms with Gasteiger partial charge in [-0.05, 0) is 35.7 Å². The molecule has 0 radical (unpaired) electrons. The van der Waals surface area contributed by atoms with E-state index in [2.05, 4.69) is 10.3 Å². The Morgan fingerprint density at radius 1 is 0.935 bits per heavy atom. The number of carboxylic acids is 1. The van der Waals surface area contributed by atoms with Crippen LogP contribution in [0.25, 0.3) is 21.7 Å². The first kappa shape index (κ1) is 20.3. The summed E-state index contributed by atoms with van der Waals surface area (Å²) in [6.07, 6.45) is 0. The molecular formula is C22H16N2O6S. The number of fused-ring (bicyclic) bond motifs is 2. The number of pyridine rings is 1. The third-order valence-corrected chi connectivity index (χ3v) is 6.54. The highest BCUT2D eigenvalue weighted by atomic mass is 32.2. The summed E-state index contributed by atoms with van der Waals surface area (Å²) in [5.74, 6) is -2.58. The molecule has 8 nitrogen and oxygen atoms in total. The molecule has 1 amide bonds. The topological polar surface area (TPSA) is 134 Å². The van der Waals surface area contributed by atoms with Gasteiger partial charge in [0.1, 0.15) is 12.3 Å². The van der Waals surface area contributed by atoms with Crippen LogP contribution in [0.2, 0.25) is 0 Å². The fourth-order valence-electron chi connectivity index (χ4n) is 3.27. The second-order valence-electron chi connectivity index (χ2n) is 6.77. The van der Waals surface area contributed by atoms with Gasteiger partial charge in [-0.2, -0.15) is 0 Å². The number of nitrogens with one attached hydrogen (secondary N) is 1. The molecule has 4 rings (SSSR count). The molecule has 0 saturated carbocycles. The van der Waals surface area contributed by atoms with Gasteiger partial charge in [-0.3, -0.25) is 9.59 Å². The van der Waals surface area contributed by atoms with Crippen LogP contribution in [-0.4, -0.2) is 42.0 Å². The SMILES string of the molecule is O=C(O)CNC(=O)c1nc2ccc(S(=O)(=O)c3cccc4ccccc34)cc2cc1O. The van der Waals surface area contributed by atoms with E-state index >= 15 is 0 Å². The van der Waals surface area contributed by atoms with Crippen molar-refractivity contribution in [2.45, 2.75) is 9.79 Å². The molecule has 3 N–H and O–H groups in total. The average molecular weight is 436 g/mol. The van der Waals surface area contributed by atoms with Gasteiger partial charge in [-0.1, -0.05) is 36.4 Å². The maximum Gasteiger partial charge on any atom is 0.322 e. The summed E-state index contributed by atoms with van der Waals surface area (Å²) < 4.78 is 26.6. The normalized spacial score (nSPS) is 11.5. The number of aromatic nitrogens is 1. The van der Waals surface area contributed by atoms with Crippen molar-refractivity contribution in [1.29, 1.82) is 0 Å². The number of carboxylic acid groups (broad SMARTS) is 1. The van der Waals surface area contributed by atoms with Gasteiger partial charge in [-0.25, -0.2) is 13.4 Å². The van der Waals surface area contributed by atoms with E-state index in [1.807, 2.05) is 18.2 Å². The van der Waals surface area contributed by atoms with Crippen LogP contribution in [0.5, 0.6) is 5.75 Å². The molecule has 0 aliphatic rings. The van der Waals surface area contributed by atoms with Crippen molar-refractivity contribution in [1.82, 2.24) is 10.3 Å². The third kappa shape index (κ3) is 3.78. The van der Waals surface area contributed by atoms with E-state index in [1.54, 1.807) is 18.2 Å². The van der Waals surface area contributed by atoms with Crippen LogP contribution in [0.3, 0.4) is 0 Å². The van der Waals surface area contributed by atoms with Gasteiger partial charge in [0.25, 0.3) is 5.91 Å². The fourth-order valence-corrected chi connectivity index (χ4v) is 4.79. The quantitative estimate of drug-likeness (QED) is 0.438. The first-order valence-electron chi connectivity index (χ1n) is 9.14. The minimum absolute atomic E-state index is 0.0145. The summed E-state index contributed by atoms with van der Waals surface area (Å²) in [6, 6.07) is 17.6. The van der Waals surface area contributed by atoms with Crippen molar-refractivity contribution in [3.63, 3.8) is 0 Å². The van der Waals surface area contributed by atoms with Crippen LogP contribution in [0.1, 0.15) is 10.5 Å². The molecular weight excluding hydrogens is 420 g/mol. The lowest BCUT2D eigenvalue weighted by Crippen LogP contribution is -2.29. The number of hydrogen-bond donors (Lipinski definition) is 3. The fraction of sp³-hybridized carbons (Fsp3) is 0.0455. The second kappa shape index (κ2) is 7.69. The molecule has 0 saturated heterocycles. The first-order valence-corrected chi connectivity index (χ1v) is 10.6. The van der Waals surface area contributed by atoms with Crippen LogP contribution in [0.4, 0.5) is 0 Å². The number of hydrogen-bond acceptors (Lipinski definition) is 6. The predicted octanol–water partition coefficient (Wildman–Crippen LogP) is 2.74. The highest BCUT2D eigenvalue weighted by Crippen LogP contribution is 2.31. The molecule has 3 aromatic carbocycles. The Hall–Kier alpha value is -3.98. The minimum Gasteiger partial charge on any atom is -0.505 e. The van der Waals surface area contributed by atoms with E-state index in [-0.39, 0.29) is 21.0 Å². The van der Waals surface area contributed by atoms with E-state index in [0.717, 1.165) is 5.39 Å². The van der Waals surface area contributed by atoms with Crippen molar-refractivity contribution in [3.8, 4) is 5.75 Å². The Bertz CT molecular complexity index is 1460. The van der Waals surface area contributed by atoms with Crippen molar-refractivity contribution in [3.05, 3.63) is 72.4 Å². The molecule has 0 unspecified atom stereocenters. The number of rotatable bonds is 5. The standard InChI is InChI=1S/C22H16N2O6S/c25-18-11-14-10-15(8-9-17(14)24-21(18)22(28)23-12-20(26)27)31(29,30)19-7-3-5-13-4-1-2-6-16(13)19/h1-11,25H,12H2,(H,23,28)(H,26,27). The molecule has 1 heterocycles. The summed E-state index contributed by atoms with van der Waals surface area (Å²) in [7, 11) is -3.87. The van der Waals surface area contributed by atoms with Crippen molar-refractivity contribution < 1.29 is 28.2 Å². The Morgan fingerprint density at radius 2 is 1.68 bits per heavy atom. The van der Waals surface area contributed by atoms with Gasteiger partial charge in [-0.15, -0.1) is 0 Å². The number of benzene rings is 3. The van der Waals surface area contributed by atoms with Gasteiger partial charge in [0.05, 0.1) is 15.3 Å². The van der Waals surface area contributed by atoms with Gasteiger partial charge < -0.3 is 15.5 Å². The van der Waals surface area contributed by atoms with E-state index < -0.39 is 34.0 Å². The lowest BCUT2D eigenvalue weighted by Gasteiger charge is -2.10. The number of carbonyl (C=O) groups is 2. The molecule has 31 heavy (non-hydrogen) atoms. The molecule has 0 aliphatic heterocycles. The molecule has 0 fully saturated rings. The molecule has 0 aliphatic carbocycles. The number of amides is 1. The third-order valence-electron chi connectivity index (χ3n) is 4.73. The highest BCUT2D eigenvalue weighted by molar-refractivity contribution is 7.91. The van der Waals surface area contributed by atoms with Crippen LogP contribution >= 0.6 is 0 Å². The molecule has 0 spiro atoms. The van der Waals surface area contributed by atoms with E-state index in [4.69, 9.17) is 5.11 Å². The summed E-state index contributed by atoms with van der Waals surface area (Å²) in [5.41, 5.74) is -0.0754. The van der Waals surface area contributed by atoms with Gasteiger partial charge in [0, 0.05) is 10.8 Å². The highest BCUT2D eigenvalue weighted by Gasteiger charge is 2.22. The number of aromatic hydroxyl groups is 1. The summed E-state index contributed by atoms with van der Waals surface area (Å²) >= 11 is 0. The van der Waals surface area contributed by atoms with Gasteiger partial charge >= 0.3 is 5.97 Å². The monoisotopic (exact) mass is 436 g/mol. The van der Waals surface area contributed by atoms with Gasteiger partial charge in [0.2, 0.25) is 9.84 Å². The van der Waals surface area contributed by atoms with Gasteiger partial charge in [0.15, 0.2) is 5.69 Å². The maximum absolute atomic E-state index is 13.3. The largest absolute Gasteiger partial charge is 0.505 e.